The van der Waals surface area contributed by atoms with Gasteiger partial charge in [0, 0.05) is 12.7 Å². The first kappa shape index (κ1) is 9.22. The standard InChI is InChI=1S/C8H15N3O/c1-7-3-4-11(10-7)6-8(2,12)5-9/h3-4,12H,5-6,9H2,1-2H3. The lowest BCUT2D eigenvalue weighted by atomic mass is 10.1. The molecule has 0 spiro atoms. The van der Waals surface area contributed by atoms with Crippen LogP contribution in [0.1, 0.15) is 12.6 Å². The predicted octanol–water partition coefficient (Wildman–Crippen LogP) is -0.0988. The zero-order valence-electron chi connectivity index (χ0n) is 7.49. The Morgan fingerprint density at radius 2 is 2.42 bits per heavy atom. The second kappa shape index (κ2) is 3.25. The molecule has 1 aromatic heterocycles. The maximum Gasteiger partial charge on any atom is 0.0936 e. The molecule has 0 aromatic carbocycles. The number of hydrogen-bond donors (Lipinski definition) is 2. The summed E-state index contributed by atoms with van der Waals surface area (Å²) in [5.74, 6) is 0. The third-order valence-corrected chi connectivity index (χ3v) is 1.72. The highest BCUT2D eigenvalue weighted by atomic mass is 16.3. The highest BCUT2D eigenvalue weighted by molar-refractivity contribution is 4.95. The van der Waals surface area contributed by atoms with Crippen molar-refractivity contribution in [2.24, 2.45) is 5.73 Å². The van der Waals surface area contributed by atoms with Crippen molar-refractivity contribution in [3.63, 3.8) is 0 Å². The Kier molecular flexibility index (Phi) is 2.49. The molecule has 4 heteroatoms. The quantitative estimate of drug-likeness (QED) is 0.664. The molecular weight excluding hydrogens is 154 g/mol. The molecule has 0 saturated heterocycles. The van der Waals surface area contributed by atoms with Gasteiger partial charge in [-0.15, -0.1) is 0 Å². The molecule has 0 saturated carbocycles. The van der Waals surface area contributed by atoms with Crippen molar-refractivity contribution < 1.29 is 5.11 Å². The molecule has 1 atom stereocenters. The Balaban J connectivity index is 2.63. The van der Waals surface area contributed by atoms with Gasteiger partial charge >= 0.3 is 0 Å². The molecule has 1 heterocycles. The molecule has 0 aliphatic rings. The monoisotopic (exact) mass is 169 g/mol. The second-order valence-electron chi connectivity index (χ2n) is 3.36. The smallest absolute Gasteiger partial charge is 0.0936 e. The van der Waals surface area contributed by atoms with Crippen molar-refractivity contribution in [1.29, 1.82) is 0 Å². The molecule has 0 aliphatic carbocycles. The van der Waals surface area contributed by atoms with Crippen LogP contribution in [0, 0.1) is 6.92 Å². The van der Waals surface area contributed by atoms with E-state index >= 15 is 0 Å². The number of nitrogens with zero attached hydrogens (tertiary/aromatic N) is 2. The summed E-state index contributed by atoms with van der Waals surface area (Å²) >= 11 is 0. The fourth-order valence-electron chi connectivity index (χ4n) is 0.965. The normalized spacial score (nSPS) is 16.0. The molecule has 12 heavy (non-hydrogen) atoms. The first-order valence-corrected chi connectivity index (χ1v) is 3.96. The molecule has 0 fully saturated rings. The minimum absolute atomic E-state index is 0.242. The van der Waals surface area contributed by atoms with Crippen molar-refractivity contribution in [2.75, 3.05) is 6.54 Å². The first-order chi connectivity index (χ1) is 5.53. The number of hydrogen-bond acceptors (Lipinski definition) is 3. The van der Waals surface area contributed by atoms with Gasteiger partial charge in [0.25, 0.3) is 0 Å². The topological polar surface area (TPSA) is 64.1 Å². The summed E-state index contributed by atoms with van der Waals surface area (Å²) in [6, 6.07) is 1.90. The van der Waals surface area contributed by atoms with E-state index in [0.29, 0.717) is 6.54 Å². The lowest BCUT2D eigenvalue weighted by Crippen LogP contribution is -2.38. The van der Waals surface area contributed by atoms with E-state index in [4.69, 9.17) is 5.73 Å². The van der Waals surface area contributed by atoms with Crippen LogP contribution in [-0.2, 0) is 6.54 Å². The van der Waals surface area contributed by atoms with Gasteiger partial charge in [0.15, 0.2) is 0 Å². The number of rotatable bonds is 3. The Morgan fingerprint density at radius 1 is 1.75 bits per heavy atom. The van der Waals surface area contributed by atoms with Crippen LogP contribution in [-0.4, -0.2) is 27.0 Å². The molecular formula is C8H15N3O. The third kappa shape index (κ3) is 2.32. The van der Waals surface area contributed by atoms with Crippen LogP contribution >= 0.6 is 0 Å². The number of aryl methyl sites for hydroxylation is 1. The summed E-state index contributed by atoms with van der Waals surface area (Å²) in [6.45, 7) is 4.29. The fraction of sp³-hybridized carbons (Fsp3) is 0.625. The van der Waals surface area contributed by atoms with Gasteiger partial charge in [0.1, 0.15) is 0 Å². The van der Waals surface area contributed by atoms with E-state index < -0.39 is 5.60 Å². The molecule has 4 nitrogen and oxygen atoms in total. The van der Waals surface area contributed by atoms with E-state index in [9.17, 15) is 5.11 Å². The number of aliphatic hydroxyl groups is 1. The van der Waals surface area contributed by atoms with Crippen LogP contribution < -0.4 is 5.73 Å². The van der Waals surface area contributed by atoms with Gasteiger partial charge in [-0.2, -0.15) is 5.10 Å². The molecule has 0 bridgehead atoms. The number of nitrogens with two attached hydrogens (primary N) is 1. The van der Waals surface area contributed by atoms with Crippen molar-refractivity contribution in [3.05, 3.63) is 18.0 Å². The maximum absolute atomic E-state index is 9.60. The Labute approximate surface area is 72.0 Å². The minimum Gasteiger partial charge on any atom is -0.387 e. The van der Waals surface area contributed by atoms with Crippen LogP contribution in [0.15, 0.2) is 12.3 Å². The van der Waals surface area contributed by atoms with E-state index in [1.165, 1.54) is 0 Å². The zero-order chi connectivity index (χ0) is 9.19. The van der Waals surface area contributed by atoms with Crippen LogP contribution in [0.5, 0.6) is 0 Å². The van der Waals surface area contributed by atoms with Gasteiger partial charge < -0.3 is 10.8 Å². The van der Waals surface area contributed by atoms with Gasteiger partial charge in [0.2, 0.25) is 0 Å². The molecule has 3 N–H and O–H groups in total. The van der Waals surface area contributed by atoms with Crippen LogP contribution in [0.4, 0.5) is 0 Å². The summed E-state index contributed by atoms with van der Waals surface area (Å²) in [5, 5.41) is 13.7. The largest absolute Gasteiger partial charge is 0.387 e. The molecule has 0 amide bonds. The Hall–Kier alpha value is -0.870. The molecule has 0 radical (unpaired) electrons. The second-order valence-corrected chi connectivity index (χ2v) is 3.36. The van der Waals surface area contributed by atoms with E-state index in [1.54, 1.807) is 11.6 Å². The Bertz CT molecular complexity index is 255. The zero-order valence-corrected chi connectivity index (χ0v) is 7.49. The van der Waals surface area contributed by atoms with Gasteiger partial charge in [-0.1, -0.05) is 0 Å². The predicted molar refractivity (Wildman–Crippen MR) is 46.6 cm³/mol. The summed E-state index contributed by atoms with van der Waals surface area (Å²) in [7, 11) is 0. The maximum atomic E-state index is 9.60. The average Bonchev–Trinajstić information content (AvgIpc) is 2.35. The van der Waals surface area contributed by atoms with E-state index in [0.717, 1.165) is 5.69 Å². The molecule has 68 valence electrons. The first-order valence-electron chi connectivity index (χ1n) is 3.96. The van der Waals surface area contributed by atoms with Crippen molar-refractivity contribution in [1.82, 2.24) is 9.78 Å². The van der Waals surface area contributed by atoms with Gasteiger partial charge in [-0.3, -0.25) is 4.68 Å². The minimum atomic E-state index is -0.863. The van der Waals surface area contributed by atoms with Crippen LogP contribution in [0.3, 0.4) is 0 Å². The summed E-state index contributed by atoms with van der Waals surface area (Å²) in [5.41, 5.74) is 5.45. The van der Waals surface area contributed by atoms with Crippen LogP contribution in [0.2, 0.25) is 0 Å². The lowest BCUT2D eigenvalue weighted by Gasteiger charge is -2.20. The van der Waals surface area contributed by atoms with E-state index in [-0.39, 0.29) is 6.54 Å². The highest BCUT2D eigenvalue weighted by Gasteiger charge is 2.18. The van der Waals surface area contributed by atoms with Gasteiger partial charge in [-0.05, 0) is 19.9 Å². The van der Waals surface area contributed by atoms with Crippen molar-refractivity contribution >= 4 is 0 Å². The van der Waals surface area contributed by atoms with Crippen molar-refractivity contribution in [3.8, 4) is 0 Å². The molecule has 1 rings (SSSR count). The van der Waals surface area contributed by atoms with Gasteiger partial charge in [0.05, 0.1) is 17.8 Å². The van der Waals surface area contributed by atoms with Gasteiger partial charge in [-0.25, -0.2) is 0 Å². The Morgan fingerprint density at radius 3 is 2.83 bits per heavy atom. The molecule has 1 aromatic rings. The van der Waals surface area contributed by atoms with E-state index in [2.05, 4.69) is 5.10 Å². The molecule has 0 aliphatic heterocycles. The summed E-state index contributed by atoms with van der Waals surface area (Å²) < 4.78 is 1.70. The summed E-state index contributed by atoms with van der Waals surface area (Å²) in [6.07, 6.45) is 1.83. The highest BCUT2D eigenvalue weighted by Crippen LogP contribution is 2.04. The SMILES string of the molecule is Cc1ccn(CC(C)(O)CN)n1. The summed E-state index contributed by atoms with van der Waals surface area (Å²) in [4.78, 5) is 0. The average molecular weight is 169 g/mol. The molecule has 1 unspecified atom stereocenters. The lowest BCUT2D eigenvalue weighted by molar-refractivity contribution is 0.0471. The number of aromatic nitrogens is 2. The van der Waals surface area contributed by atoms with E-state index in [1.807, 2.05) is 19.2 Å². The third-order valence-electron chi connectivity index (χ3n) is 1.72. The van der Waals surface area contributed by atoms with Crippen molar-refractivity contribution in [2.45, 2.75) is 26.0 Å². The fourth-order valence-corrected chi connectivity index (χ4v) is 0.965. The van der Waals surface area contributed by atoms with Crippen LogP contribution in [0.25, 0.3) is 0 Å².